The summed E-state index contributed by atoms with van der Waals surface area (Å²) in [6.45, 7) is 11.0. The molecule has 0 saturated heterocycles. The van der Waals surface area contributed by atoms with E-state index in [1.54, 1.807) is 0 Å². The second-order valence-corrected chi connectivity index (χ2v) is 11.2. The zero-order valence-corrected chi connectivity index (χ0v) is 22.5. The minimum Gasteiger partial charge on any atom is -0.444 e. The van der Waals surface area contributed by atoms with Crippen LogP contribution >= 0.6 is 0 Å². The minimum atomic E-state index is -0.588. The van der Waals surface area contributed by atoms with Gasteiger partial charge in [-0.2, -0.15) is 0 Å². The fraction of sp³-hybridized carbons (Fsp3) is 0.333. The van der Waals surface area contributed by atoms with Gasteiger partial charge < -0.3 is 14.4 Å². The van der Waals surface area contributed by atoms with Gasteiger partial charge in [-0.05, 0) is 82.5 Å². The van der Waals surface area contributed by atoms with Gasteiger partial charge in [-0.25, -0.2) is 9.59 Å². The van der Waals surface area contributed by atoms with Crippen molar-refractivity contribution in [2.75, 3.05) is 22.6 Å². The normalized spacial score (nSPS) is 14.8. The third-order valence-corrected chi connectivity index (χ3v) is 5.81. The molecule has 0 saturated carbocycles. The van der Waals surface area contributed by atoms with E-state index in [2.05, 4.69) is 27.7 Å². The first-order valence-electron chi connectivity index (χ1n) is 12.4. The fourth-order valence-corrected chi connectivity index (χ4v) is 4.47. The van der Waals surface area contributed by atoms with Crippen molar-refractivity contribution in [1.82, 2.24) is 0 Å². The molecule has 7 heteroatoms. The number of ether oxygens (including phenoxy) is 2. The van der Waals surface area contributed by atoms with Crippen molar-refractivity contribution in [2.45, 2.75) is 58.8 Å². The molecule has 3 aromatic carbocycles. The van der Waals surface area contributed by atoms with E-state index in [0.717, 1.165) is 27.9 Å². The standard InChI is InChI=1S/C30H35N3O4/c1-29(2,3)36-27(34)31-20-13-15-22-23-16-14-21(32-28(35)37-30(4,5)6)18-25(23)33(7)26(24(22)17-20)19-11-9-8-10-12-19/h8-18,26H,1-7H3,(H,31,34)(H,32,35)/i7-1. The predicted octanol–water partition coefficient (Wildman–Crippen LogP) is 7.59. The van der Waals surface area contributed by atoms with Crippen LogP contribution in [0.3, 0.4) is 0 Å². The largest absolute Gasteiger partial charge is 0.444 e. The first-order valence-corrected chi connectivity index (χ1v) is 12.4. The van der Waals surface area contributed by atoms with E-state index < -0.39 is 23.4 Å². The van der Waals surface area contributed by atoms with Crippen molar-refractivity contribution >= 4 is 29.2 Å². The van der Waals surface area contributed by atoms with Crippen LogP contribution < -0.4 is 15.5 Å². The summed E-state index contributed by atoms with van der Waals surface area (Å²) < 4.78 is 10.9. The van der Waals surface area contributed by atoms with E-state index in [4.69, 9.17) is 9.47 Å². The number of hydrogen-bond acceptors (Lipinski definition) is 5. The van der Waals surface area contributed by atoms with Gasteiger partial charge in [0.05, 0.1) is 6.04 Å². The number of nitrogens with zero attached hydrogens (tertiary/aromatic N) is 1. The maximum absolute atomic E-state index is 12.4. The summed E-state index contributed by atoms with van der Waals surface area (Å²) in [4.78, 5) is 27.0. The number of rotatable bonds is 3. The van der Waals surface area contributed by atoms with Crippen LogP contribution in [0, 0.1) is 0 Å². The number of amides is 2. The Morgan fingerprint density at radius 1 is 0.730 bits per heavy atom. The lowest BCUT2D eigenvalue weighted by molar-refractivity contribution is 0.0624. The van der Waals surface area contributed by atoms with Gasteiger partial charge in [-0.3, -0.25) is 10.6 Å². The summed E-state index contributed by atoms with van der Waals surface area (Å²) in [6.07, 6.45) is -0.991. The molecular formula is C30H35N3O4. The Balaban J connectivity index is 1.74. The molecule has 0 aromatic heterocycles. The highest BCUT2D eigenvalue weighted by Gasteiger charge is 2.31. The molecule has 7 nitrogen and oxygen atoms in total. The van der Waals surface area contributed by atoms with Gasteiger partial charge in [0.25, 0.3) is 0 Å². The number of benzene rings is 3. The van der Waals surface area contributed by atoms with E-state index in [0.29, 0.717) is 11.4 Å². The topological polar surface area (TPSA) is 79.9 Å². The predicted molar refractivity (Wildman–Crippen MR) is 148 cm³/mol. The van der Waals surface area contributed by atoms with E-state index >= 15 is 0 Å². The maximum Gasteiger partial charge on any atom is 0.412 e. The Morgan fingerprint density at radius 2 is 1.24 bits per heavy atom. The van der Waals surface area contributed by atoms with Gasteiger partial charge in [-0.1, -0.05) is 42.5 Å². The van der Waals surface area contributed by atoms with Crippen molar-refractivity contribution in [1.29, 1.82) is 0 Å². The second-order valence-electron chi connectivity index (χ2n) is 11.2. The summed E-state index contributed by atoms with van der Waals surface area (Å²) >= 11 is 0. The third-order valence-electron chi connectivity index (χ3n) is 5.81. The molecule has 37 heavy (non-hydrogen) atoms. The van der Waals surface area contributed by atoms with E-state index in [-0.39, 0.29) is 6.04 Å². The number of nitrogens with one attached hydrogen (secondary N) is 2. The van der Waals surface area contributed by atoms with Gasteiger partial charge in [-0.15, -0.1) is 0 Å². The number of carbonyl (C=O) groups excluding carboxylic acids is 2. The van der Waals surface area contributed by atoms with Gasteiger partial charge >= 0.3 is 12.2 Å². The molecule has 0 spiro atoms. The van der Waals surface area contributed by atoms with Crippen LogP contribution in [0.5, 0.6) is 0 Å². The summed E-state index contributed by atoms with van der Waals surface area (Å²) in [5.41, 5.74) is 5.37. The number of hydrogen-bond donors (Lipinski definition) is 2. The van der Waals surface area contributed by atoms with Crippen molar-refractivity contribution in [2.24, 2.45) is 0 Å². The van der Waals surface area contributed by atoms with Crippen LogP contribution in [0.15, 0.2) is 66.7 Å². The van der Waals surface area contributed by atoms with Crippen LogP contribution in [0.2, 0.25) is 0 Å². The average Bonchev–Trinajstić information content (AvgIpc) is 2.77. The molecule has 4 rings (SSSR count). The minimum absolute atomic E-state index is 0.110. The molecule has 1 atom stereocenters. The lowest BCUT2D eigenvalue weighted by Gasteiger charge is -2.38. The molecule has 2 N–H and O–H groups in total. The van der Waals surface area contributed by atoms with Gasteiger partial charge in [0.15, 0.2) is 0 Å². The zero-order chi connectivity index (χ0) is 27.0. The molecule has 3 aromatic rings. The first-order chi connectivity index (χ1) is 17.3. The fourth-order valence-electron chi connectivity index (χ4n) is 4.47. The molecule has 0 aliphatic carbocycles. The lowest BCUT2D eigenvalue weighted by Crippen LogP contribution is -2.30. The molecule has 194 valence electrons. The first kappa shape index (κ1) is 26.1. The second kappa shape index (κ2) is 9.81. The maximum atomic E-state index is 12.4. The van der Waals surface area contributed by atoms with Crippen LogP contribution in [-0.4, -0.2) is 30.4 Å². The van der Waals surface area contributed by atoms with Crippen molar-refractivity contribution in [3.05, 3.63) is 77.9 Å². The highest BCUT2D eigenvalue weighted by atomic mass is 16.6. The Bertz CT molecular complexity index is 1310. The van der Waals surface area contributed by atoms with Crippen molar-refractivity contribution in [3.8, 4) is 11.1 Å². The Kier molecular flexibility index (Phi) is 6.91. The molecule has 1 heterocycles. The Hall–Kier alpha value is -4.00. The van der Waals surface area contributed by atoms with Gasteiger partial charge in [0, 0.05) is 29.7 Å². The van der Waals surface area contributed by atoms with Crippen molar-refractivity contribution < 1.29 is 19.1 Å². The number of anilines is 3. The SMILES string of the molecule is CC(C)(C)OC(=O)Nc1ccc2c(c1)C(c1ccccc1)N([11CH3])c1cc(NC(=O)OC(C)(C)C)ccc1-2. The summed E-state index contributed by atoms with van der Waals surface area (Å²) in [6, 6.07) is 21.8. The molecule has 0 radical (unpaired) electrons. The molecule has 0 fully saturated rings. The summed E-state index contributed by atoms with van der Waals surface area (Å²) in [5, 5.41) is 5.72. The quantitative estimate of drug-likeness (QED) is 0.387. The lowest BCUT2D eigenvalue weighted by atomic mass is 9.83. The summed E-state index contributed by atoms with van der Waals surface area (Å²) in [7, 11) is 2.03. The van der Waals surface area contributed by atoms with Gasteiger partial charge in [0.2, 0.25) is 0 Å². The van der Waals surface area contributed by atoms with Crippen molar-refractivity contribution in [3.63, 3.8) is 0 Å². The van der Waals surface area contributed by atoms with E-state index in [1.807, 2.05) is 103 Å². The van der Waals surface area contributed by atoms with Crippen LogP contribution in [0.1, 0.15) is 58.7 Å². The zero-order valence-electron chi connectivity index (χ0n) is 22.5. The number of fused-ring (bicyclic) bond motifs is 3. The van der Waals surface area contributed by atoms with Gasteiger partial charge in [0.1, 0.15) is 11.2 Å². The molecular weight excluding hydrogens is 465 g/mol. The van der Waals surface area contributed by atoms with Crippen LogP contribution in [0.4, 0.5) is 26.7 Å². The smallest absolute Gasteiger partial charge is 0.412 e. The molecule has 1 unspecified atom stereocenters. The highest BCUT2D eigenvalue weighted by Crippen LogP contribution is 2.48. The Morgan fingerprint density at radius 3 is 1.78 bits per heavy atom. The van der Waals surface area contributed by atoms with E-state index in [9.17, 15) is 9.59 Å². The van der Waals surface area contributed by atoms with E-state index in [1.165, 1.54) is 0 Å². The number of carbonyl (C=O) groups is 2. The van der Waals surface area contributed by atoms with Crippen LogP contribution in [-0.2, 0) is 9.47 Å². The molecule has 0 bridgehead atoms. The molecule has 1 aliphatic rings. The Labute approximate surface area is 218 Å². The van der Waals surface area contributed by atoms with Crippen LogP contribution in [0.25, 0.3) is 11.1 Å². The molecule has 2 amide bonds. The monoisotopic (exact) mass is 500 g/mol. The third kappa shape index (κ3) is 6.23. The molecule has 1 aliphatic heterocycles. The highest BCUT2D eigenvalue weighted by molar-refractivity contribution is 5.93. The summed E-state index contributed by atoms with van der Waals surface area (Å²) in [5.74, 6) is 0. The average molecular weight is 501 g/mol.